The Labute approximate surface area is 226 Å². The first-order valence-electron chi connectivity index (χ1n) is 13.1. The molecular weight excluding hydrogens is 537 g/mol. The minimum atomic E-state index is -4.75. The Kier molecular flexibility index (Phi) is 6.76. The summed E-state index contributed by atoms with van der Waals surface area (Å²) in [7, 11) is 1.02. The highest BCUT2D eigenvalue weighted by atomic mass is 19.4. The molecule has 6 rings (SSSR count). The topological polar surface area (TPSA) is 77.7 Å². The van der Waals surface area contributed by atoms with E-state index in [-0.39, 0.29) is 47.8 Å². The van der Waals surface area contributed by atoms with Crippen LogP contribution in [-0.4, -0.2) is 41.4 Å². The van der Waals surface area contributed by atoms with Gasteiger partial charge in [-0.25, -0.2) is 18.6 Å². The second kappa shape index (κ2) is 10.1. The maximum absolute atomic E-state index is 14.6. The van der Waals surface area contributed by atoms with Gasteiger partial charge in [-0.1, -0.05) is 11.2 Å². The third-order valence-corrected chi connectivity index (χ3v) is 7.98. The summed E-state index contributed by atoms with van der Waals surface area (Å²) in [5, 5.41) is 4.00. The molecule has 1 aromatic carbocycles. The van der Waals surface area contributed by atoms with E-state index in [4.69, 9.17) is 9.26 Å². The molecular formula is C28H26F5N3O4. The van der Waals surface area contributed by atoms with E-state index >= 15 is 0 Å². The second-order valence-electron chi connectivity index (χ2n) is 10.5. The number of piperidine rings is 1. The standard InChI is InChI=1S/C28H26F5N3O4/c1-38-27(37)18-12-34-23(11-20(18)28(31,32)33)36-15-7-8-16(36)10-17(9-15)39-13-19-25(35-40-26(19)14-5-6-14)24-21(29)3-2-4-22(24)30/h2-4,11-12,14-17H,5-10,13H2,1H3/t15-,16?,17?/m0/s1. The van der Waals surface area contributed by atoms with Crippen LogP contribution in [0.2, 0.25) is 0 Å². The molecule has 0 amide bonds. The van der Waals surface area contributed by atoms with Crippen LogP contribution in [0.4, 0.5) is 27.8 Å². The number of carbonyl (C=O) groups excluding carboxylic acids is 1. The van der Waals surface area contributed by atoms with Crippen molar-refractivity contribution in [2.45, 2.75) is 75.4 Å². The predicted octanol–water partition coefficient (Wildman–Crippen LogP) is 6.41. The van der Waals surface area contributed by atoms with E-state index in [1.807, 2.05) is 4.90 Å². The molecule has 3 atom stereocenters. The molecule has 212 valence electrons. The lowest BCUT2D eigenvalue weighted by molar-refractivity contribution is -0.138. The van der Waals surface area contributed by atoms with E-state index in [9.17, 15) is 26.7 Å². The highest BCUT2D eigenvalue weighted by Gasteiger charge is 2.44. The van der Waals surface area contributed by atoms with Crippen LogP contribution in [-0.2, 0) is 22.3 Å². The van der Waals surface area contributed by atoms with E-state index in [1.54, 1.807) is 0 Å². The molecule has 1 saturated carbocycles. The summed E-state index contributed by atoms with van der Waals surface area (Å²) in [6.07, 6.45) is 0.284. The molecule has 2 aliphatic heterocycles. The number of anilines is 1. The van der Waals surface area contributed by atoms with Crippen molar-refractivity contribution in [1.82, 2.24) is 10.1 Å². The Morgan fingerprint density at radius 2 is 1.77 bits per heavy atom. The molecule has 0 spiro atoms. The maximum Gasteiger partial charge on any atom is 0.417 e. The summed E-state index contributed by atoms with van der Waals surface area (Å²) in [6, 6.07) is 4.29. The Morgan fingerprint density at radius 1 is 1.10 bits per heavy atom. The molecule has 2 unspecified atom stereocenters. The lowest BCUT2D eigenvalue weighted by Crippen LogP contribution is -2.46. The highest BCUT2D eigenvalue weighted by Crippen LogP contribution is 2.46. The van der Waals surface area contributed by atoms with Gasteiger partial charge in [0.15, 0.2) is 0 Å². The number of methoxy groups -OCH3 is 1. The molecule has 2 bridgehead atoms. The van der Waals surface area contributed by atoms with Crippen LogP contribution in [0.1, 0.15) is 71.7 Å². The minimum Gasteiger partial charge on any atom is -0.465 e. The Balaban J connectivity index is 1.21. The largest absolute Gasteiger partial charge is 0.465 e. The minimum absolute atomic E-state index is 0.0485. The smallest absolute Gasteiger partial charge is 0.417 e. The number of hydrogen-bond acceptors (Lipinski definition) is 7. The van der Waals surface area contributed by atoms with Crippen molar-refractivity contribution in [3.05, 3.63) is 64.5 Å². The first kappa shape index (κ1) is 26.7. The number of benzene rings is 1. The van der Waals surface area contributed by atoms with Crippen LogP contribution in [0.3, 0.4) is 0 Å². The second-order valence-corrected chi connectivity index (χ2v) is 10.5. The number of rotatable bonds is 7. The number of ether oxygens (including phenoxy) is 2. The van der Waals surface area contributed by atoms with Crippen molar-refractivity contribution in [3.63, 3.8) is 0 Å². The van der Waals surface area contributed by atoms with Crippen LogP contribution < -0.4 is 4.90 Å². The average Bonchev–Trinajstić information content (AvgIpc) is 3.63. The van der Waals surface area contributed by atoms with Gasteiger partial charge >= 0.3 is 12.1 Å². The monoisotopic (exact) mass is 563 g/mol. The summed E-state index contributed by atoms with van der Waals surface area (Å²) in [4.78, 5) is 18.0. The molecule has 7 nitrogen and oxygen atoms in total. The SMILES string of the molecule is COC(=O)c1cnc(N2C3CC[C@H]2CC(OCc2c(-c4c(F)cccc4F)noc2C2CC2)C3)cc1C(F)(F)F. The fourth-order valence-corrected chi connectivity index (χ4v) is 5.98. The van der Waals surface area contributed by atoms with E-state index in [2.05, 4.69) is 14.9 Å². The number of halogens is 5. The van der Waals surface area contributed by atoms with E-state index in [0.717, 1.165) is 57.2 Å². The fourth-order valence-electron chi connectivity index (χ4n) is 5.98. The van der Waals surface area contributed by atoms with Crippen LogP contribution in [0.25, 0.3) is 11.3 Å². The number of alkyl halides is 3. The molecule has 12 heteroatoms. The van der Waals surface area contributed by atoms with Gasteiger partial charge in [-0.3, -0.25) is 0 Å². The fraction of sp³-hybridized carbons (Fsp3) is 0.464. The van der Waals surface area contributed by atoms with Crippen LogP contribution in [0.15, 0.2) is 35.0 Å². The van der Waals surface area contributed by atoms with Gasteiger partial charge in [-0.2, -0.15) is 13.2 Å². The zero-order valence-corrected chi connectivity index (χ0v) is 21.5. The normalized spacial score (nSPS) is 22.6. The van der Waals surface area contributed by atoms with Crippen LogP contribution in [0, 0.1) is 11.6 Å². The van der Waals surface area contributed by atoms with Gasteiger partial charge in [0.05, 0.1) is 36.5 Å². The lowest BCUT2D eigenvalue weighted by atomic mass is 9.98. The third kappa shape index (κ3) is 4.82. The lowest BCUT2D eigenvalue weighted by Gasteiger charge is -2.40. The first-order chi connectivity index (χ1) is 19.2. The van der Waals surface area contributed by atoms with Gasteiger partial charge in [-0.05, 0) is 56.7 Å². The average molecular weight is 564 g/mol. The maximum atomic E-state index is 14.6. The molecule has 40 heavy (non-hydrogen) atoms. The Bertz CT molecular complexity index is 1400. The van der Waals surface area contributed by atoms with Gasteiger partial charge in [0.25, 0.3) is 0 Å². The number of hydrogen-bond donors (Lipinski definition) is 0. The number of nitrogens with zero attached hydrogens (tertiary/aromatic N) is 3. The molecule has 3 aromatic rings. The number of pyridine rings is 1. The van der Waals surface area contributed by atoms with Gasteiger partial charge < -0.3 is 18.9 Å². The van der Waals surface area contributed by atoms with Crippen molar-refractivity contribution < 1.29 is 40.7 Å². The van der Waals surface area contributed by atoms with Gasteiger partial charge in [0.2, 0.25) is 0 Å². The Morgan fingerprint density at radius 3 is 2.38 bits per heavy atom. The number of aromatic nitrogens is 2. The quantitative estimate of drug-likeness (QED) is 0.243. The molecule has 1 aliphatic carbocycles. The summed E-state index contributed by atoms with van der Waals surface area (Å²) in [5.41, 5.74) is -1.36. The van der Waals surface area contributed by atoms with Crippen LogP contribution in [0.5, 0.6) is 0 Å². The molecule has 3 aliphatic rings. The van der Waals surface area contributed by atoms with Crippen molar-refractivity contribution in [1.29, 1.82) is 0 Å². The number of fused-ring (bicyclic) bond motifs is 2. The molecule has 0 N–H and O–H groups in total. The number of esters is 1. The Hall–Kier alpha value is -3.54. The van der Waals surface area contributed by atoms with E-state index in [1.165, 1.54) is 6.07 Å². The van der Waals surface area contributed by atoms with Crippen molar-refractivity contribution >= 4 is 11.8 Å². The zero-order valence-electron chi connectivity index (χ0n) is 21.5. The van der Waals surface area contributed by atoms with E-state index in [0.29, 0.717) is 24.2 Å². The summed E-state index contributed by atoms with van der Waals surface area (Å²) < 4.78 is 86.7. The van der Waals surface area contributed by atoms with Gasteiger partial charge in [0.1, 0.15) is 28.9 Å². The first-order valence-corrected chi connectivity index (χ1v) is 13.1. The summed E-state index contributed by atoms with van der Waals surface area (Å²) in [6.45, 7) is 0.0485. The highest BCUT2D eigenvalue weighted by molar-refractivity contribution is 5.91. The molecule has 3 fully saturated rings. The van der Waals surface area contributed by atoms with Crippen molar-refractivity contribution in [3.8, 4) is 11.3 Å². The third-order valence-electron chi connectivity index (χ3n) is 7.98. The zero-order chi connectivity index (χ0) is 28.2. The van der Waals surface area contributed by atoms with Crippen molar-refractivity contribution in [2.75, 3.05) is 12.0 Å². The summed E-state index contributed by atoms with van der Waals surface area (Å²) >= 11 is 0. The van der Waals surface area contributed by atoms with Crippen molar-refractivity contribution in [2.24, 2.45) is 0 Å². The van der Waals surface area contributed by atoms with E-state index < -0.39 is 34.9 Å². The number of carbonyl (C=O) groups is 1. The van der Waals surface area contributed by atoms with Gasteiger partial charge in [0, 0.05) is 29.8 Å². The molecule has 0 radical (unpaired) electrons. The van der Waals surface area contributed by atoms with Gasteiger partial charge in [-0.15, -0.1) is 0 Å². The molecule has 2 saturated heterocycles. The van der Waals surface area contributed by atoms with Crippen LogP contribution >= 0.6 is 0 Å². The predicted molar refractivity (Wildman–Crippen MR) is 132 cm³/mol. The molecule has 4 heterocycles. The summed E-state index contributed by atoms with van der Waals surface area (Å²) in [5.74, 6) is -1.73. The molecule has 2 aromatic heterocycles.